The highest BCUT2D eigenvalue weighted by molar-refractivity contribution is 7.16. The molecule has 0 aliphatic carbocycles. The lowest BCUT2D eigenvalue weighted by molar-refractivity contribution is 0.415. The van der Waals surface area contributed by atoms with E-state index in [1.54, 1.807) is 13.2 Å². The molecule has 1 aromatic carbocycles. The molecule has 0 unspecified atom stereocenters. The van der Waals surface area contributed by atoms with Crippen LogP contribution in [0.15, 0.2) is 40.9 Å². The molecule has 0 amide bonds. The molecule has 5 heteroatoms. The lowest BCUT2D eigenvalue weighted by Crippen LogP contribution is -1.81. The van der Waals surface area contributed by atoms with E-state index in [9.17, 15) is 4.39 Å². The Morgan fingerprint density at radius 2 is 1.78 bits per heavy atom. The molecule has 0 aliphatic rings. The number of thiophene rings is 1. The zero-order valence-electron chi connectivity index (χ0n) is 9.41. The largest absolute Gasteiger partial charge is 0.497 e. The molecule has 1 heterocycles. The summed E-state index contributed by atoms with van der Waals surface area (Å²) in [6, 6.07) is 11.0. The van der Waals surface area contributed by atoms with Crippen LogP contribution in [0.3, 0.4) is 0 Å². The van der Waals surface area contributed by atoms with Gasteiger partial charge in [-0.05, 0) is 42.0 Å². The fraction of sp³-hybridized carbons (Fsp3) is 0.0769. The first-order chi connectivity index (χ1) is 8.61. The molecule has 18 heavy (non-hydrogen) atoms. The Morgan fingerprint density at radius 3 is 2.33 bits per heavy atom. The minimum absolute atomic E-state index is 0.349. The molecule has 2 rings (SSSR count). The number of rotatable bonds is 3. The molecule has 0 saturated heterocycles. The number of benzene rings is 1. The maximum absolute atomic E-state index is 13.5. The summed E-state index contributed by atoms with van der Waals surface area (Å²) in [5.74, 6) is 0.188. The molecule has 0 saturated carbocycles. The summed E-state index contributed by atoms with van der Waals surface area (Å²) in [5, 5.41) is 0. The van der Waals surface area contributed by atoms with Crippen molar-refractivity contribution in [3.8, 4) is 16.2 Å². The lowest BCUT2D eigenvalue weighted by atomic mass is 10.2. The van der Waals surface area contributed by atoms with Crippen LogP contribution < -0.4 is 4.74 Å². The highest BCUT2D eigenvalue weighted by Gasteiger charge is 2.10. The first kappa shape index (κ1) is 13.4. The van der Waals surface area contributed by atoms with Gasteiger partial charge in [-0.2, -0.15) is 0 Å². The second-order valence-corrected chi connectivity index (χ2v) is 5.50. The smallest absolute Gasteiger partial charge is 0.170 e. The van der Waals surface area contributed by atoms with E-state index in [1.165, 1.54) is 11.3 Å². The Kier molecular flexibility index (Phi) is 4.27. The molecule has 94 valence electrons. The van der Waals surface area contributed by atoms with Crippen LogP contribution in [-0.4, -0.2) is 7.11 Å². The molecule has 1 nitrogen and oxygen atoms in total. The maximum Gasteiger partial charge on any atom is 0.170 e. The minimum atomic E-state index is -0.594. The van der Waals surface area contributed by atoms with E-state index in [4.69, 9.17) is 27.9 Å². The standard InChI is InChI=1S/C13H9Cl2FOS/c1-17-9-4-2-8(3-5-9)10-6-7-11(18-10)12(16)13(14)15/h2-7H,1H3. The van der Waals surface area contributed by atoms with E-state index in [-0.39, 0.29) is 4.49 Å². The van der Waals surface area contributed by atoms with Crippen LogP contribution in [0, 0.1) is 0 Å². The van der Waals surface area contributed by atoms with Gasteiger partial charge < -0.3 is 4.74 Å². The van der Waals surface area contributed by atoms with Crippen molar-refractivity contribution in [2.45, 2.75) is 0 Å². The topological polar surface area (TPSA) is 9.23 Å². The van der Waals surface area contributed by atoms with Gasteiger partial charge in [-0.15, -0.1) is 11.3 Å². The monoisotopic (exact) mass is 302 g/mol. The van der Waals surface area contributed by atoms with E-state index < -0.39 is 5.83 Å². The van der Waals surface area contributed by atoms with Crippen LogP contribution in [0.2, 0.25) is 0 Å². The average molecular weight is 303 g/mol. The summed E-state index contributed by atoms with van der Waals surface area (Å²) in [7, 11) is 1.61. The van der Waals surface area contributed by atoms with Gasteiger partial charge in [0.2, 0.25) is 0 Å². The number of hydrogen-bond donors (Lipinski definition) is 0. The van der Waals surface area contributed by atoms with Crippen molar-refractivity contribution < 1.29 is 9.13 Å². The number of halogens is 3. The first-order valence-electron chi connectivity index (χ1n) is 5.07. The molecule has 1 aromatic heterocycles. The molecule has 2 aromatic rings. The minimum Gasteiger partial charge on any atom is -0.497 e. The molecule has 0 spiro atoms. The third kappa shape index (κ3) is 2.86. The molecule has 0 N–H and O–H groups in total. The summed E-state index contributed by atoms with van der Waals surface area (Å²) in [4.78, 5) is 1.36. The van der Waals surface area contributed by atoms with Gasteiger partial charge in [0.05, 0.1) is 12.0 Å². The summed E-state index contributed by atoms with van der Waals surface area (Å²) in [5.41, 5.74) is 0.991. The Morgan fingerprint density at radius 1 is 1.11 bits per heavy atom. The van der Waals surface area contributed by atoms with Crippen molar-refractivity contribution >= 4 is 40.4 Å². The van der Waals surface area contributed by atoms with Gasteiger partial charge in [-0.1, -0.05) is 23.2 Å². The van der Waals surface area contributed by atoms with E-state index in [2.05, 4.69) is 0 Å². The predicted molar refractivity (Wildman–Crippen MR) is 76.0 cm³/mol. The third-order valence-corrected chi connectivity index (χ3v) is 3.82. The Balaban J connectivity index is 2.32. The fourth-order valence-electron chi connectivity index (χ4n) is 1.46. The van der Waals surface area contributed by atoms with Crippen molar-refractivity contribution in [3.05, 3.63) is 45.8 Å². The fourth-order valence-corrected chi connectivity index (χ4v) is 2.73. The van der Waals surface area contributed by atoms with Gasteiger partial charge in [0.15, 0.2) is 5.83 Å². The molecular formula is C13H9Cl2FOS. The second-order valence-electron chi connectivity index (χ2n) is 3.47. The van der Waals surface area contributed by atoms with Crippen molar-refractivity contribution in [2.75, 3.05) is 7.11 Å². The summed E-state index contributed by atoms with van der Waals surface area (Å²) in [6.45, 7) is 0. The summed E-state index contributed by atoms with van der Waals surface area (Å²) < 4.78 is 18.2. The van der Waals surface area contributed by atoms with Crippen LogP contribution in [0.25, 0.3) is 16.3 Å². The average Bonchev–Trinajstić information content (AvgIpc) is 2.87. The van der Waals surface area contributed by atoms with Crippen LogP contribution in [0.1, 0.15) is 4.88 Å². The zero-order chi connectivity index (χ0) is 13.1. The Labute approximate surface area is 118 Å². The second kappa shape index (κ2) is 5.74. The maximum atomic E-state index is 13.5. The van der Waals surface area contributed by atoms with E-state index >= 15 is 0 Å². The first-order valence-corrected chi connectivity index (χ1v) is 6.64. The van der Waals surface area contributed by atoms with Crippen LogP contribution in [0.4, 0.5) is 4.39 Å². The van der Waals surface area contributed by atoms with Gasteiger partial charge in [0, 0.05) is 4.88 Å². The molecule has 0 atom stereocenters. The van der Waals surface area contributed by atoms with Crippen molar-refractivity contribution in [1.82, 2.24) is 0 Å². The van der Waals surface area contributed by atoms with Gasteiger partial charge in [-0.3, -0.25) is 0 Å². The van der Waals surface area contributed by atoms with E-state index in [1.807, 2.05) is 30.3 Å². The van der Waals surface area contributed by atoms with Crippen LogP contribution in [-0.2, 0) is 0 Å². The highest BCUT2D eigenvalue weighted by atomic mass is 35.5. The molecular weight excluding hydrogens is 294 g/mol. The molecule has 0 radical (unpaired) electrons. The summed E-state index contributed by atoms with van der Waals surface area (Å²) in [6.07, 6.45) is 0. The van der Waals surface area contributed by atoms with E-state index in [0.29, 0.717) is 4.88 Å². The van der Waals surface area contributed by atoms with Gasteiger partial charge >= 0.3 is 0 Å². The Hall–Kier alpha value is -1.03. The molecule has 0 fully saturated rings. The van der Waals surface area contributed by atoms with Crippen molar-refractivity contribution in [1.29, 1.82) is 0 Å². The number of ether oxygens (including phenoxy) is 1. The Bertz CT molecular complexity index is 571. The van der Waals surface area contributed by atoms with Crippen molar-refractivity contribution in [3.63, 3.8) is 0 Å². The van der Waals surface area contributed by atoms with Gasteiger partial charge in [-0.25, -0.2) is 4.39 Å². The normalized spacial score (nSPS) is 10.2. The predicted octanol–water partition coefficient (Wildman–Crippen LogP) is 5.50. The third-order valence-electron chi connectivity index (χ3n) is 2.36. The lowest BCUT2D eigenvalue weighted by Gasteiger charge is -2.00. The molecule has 0 bridgehead atoms. The number of methoxy groups -OCH3 is 1. The quantitative estimate of drug-likeness (QED) is 0.727. The number of hydrogen-bond acceptors (Lipinski definition) is 2. The summed E-state index contributed by atoms with van der Waals surface area (Å²) >= 11 is 12.1. The zero-order valence-corrected chi connectivity index (χ0v) is 11.7. The van der Waals surface area contributed by atoms with Crippen LogP contribution in [0.5, 0.6) is 5.75 Å². The van der Waals surface area contributed by atoms with E-state index in [0.717, 1.165) is 16.2 Å². The van der Waals surface area contributed by atoms with Gasteiger partial charge in [0.1, 0.15) is 10.2 Å². The van der Waals surface area contributed by atoms with Crippen molar-refractivity contribution in [2.24, 2.45) is 0 Å². The SMILES string of the molecule is COc1ccc(-c2ccc(C(F)=C(Cl)Cl)s2)cc1. The highest BCUT2D eigenvalue weighted by Crippen LogP contribution is 2.35. The van der Waals surface area contributed by atoms with Gasteiger partial charge in [0.25, 0.3) is 0 Å². The molecule has 0 aliphatic heterocycles. The van der Waals surface area contributed by atoms with Crippen LogP contribution >= 0.6 is 34.5 Å².